The van der Waals surface area contributed by atoms with Gasteiger partial charge in [-0.3, -0.25) is 10.1 Å². The highest BCUT2D eigenvalue weighted by Gasteiger charge is 2.19. The average molecular weight is 276 g/mol. The van der Waals surface area contributed by atoms with Crippen molar-refractivity contribution in [3.8, 4) is 0 Å². The molecule has 2 aromatic rings. The first-order valence-electron chi connectivity index (χ1n) is 6.02. The summed E-state index contributed by atoms with van der Waals surface area (Å²) in [6.07, 6.45) is 0. The van der Waals surface area contributed by atoms with Crippen molar-refractivity contribution in [2.24, 2.45) is 0 Å². The number of nitrogens with one attached hydrogen (secondary N) is 1. The molecule has 0 radical (unpaired) electrons. The minimum absolute atomic E-state index is 0.517. The SMILES string of the molecule is Cc1nc(C)c(CN[C@@H](C(=O)O)c2ccccc2)s1. The molecule has 5 heteroatoms. The quantitative estimate of drug-likeness (QED) is 0.881. The number of aromatic nitrogens is 1. The van der Waals surface area contributed by atoms with Crippen LogP contribution in [0.3, 0.4) is 0 Å². The lowest BCUT2D eigenvalue weighted by molar-refractivity contribution is -0.139. The minimum Gasteiger partial charge on any atom is -0.480 e. The van der Waals surface area contributed by atoms with Crippen molar-refractivity contribution in [3.05, 3.63) is 51.5 Å². The molecule has 0 saturated heterocycles. The van der Waals surface area contributed by atoms with E-state index >= 15 is 0 Å². The second kappa shape index (κ2) is 5.95. The van der Waals surface area contributed by atoms with Crippen molar-refractivity contribution < 1.29 is 9.90 Å². The number of carboxylic acid groups (broad SMARTS) is 1. The van der Waals surface area contributed by atoms with E-state index in [1.165, 1.54) is 0 Å². The summed E-state index contributed by atoms with van der Waals surface area (Å²) < 4.78 is 0. The molecular weight excluding hydrogens is 260 g/mol. The first kappa shape index (κ1) is 13.7. The number of aryl methyl sites for hydroxylation is 2. The standard InChI is InChI=1S/C14H16N2O2S/c1-9-12(19-10(2)16-9)8-15-13(14(17)18)11-6-4-3-5-7-11/h3-7,13,15H,8H2,1-2H3,(H,17,18)/t13-/m1/s1. The zero-order valence-corrected chi connectivity index (χ0v) is 11.7. The van der Waals surface area contributed by atoms with Gasteiger partial charge in [-0.15, -0.1) is 11.3 Å². The van der Waals surface area contributed by atoms with Crippen LogP contribution in [0.15, 0.2) is 30.3 Å². The number of carboxylic acids is 1. The Morgan fingerprint density at radius 1 is 1.37 bits per heavy atom. The van der Waals surface area contributed by atoms with E-state index < -0.39 is 12.0 Å². The van der Waals surface area contributed by atoms with Crippen molar-refractivity contribution >= 4 is 17.3 Å². The molecular formula is C14H16N2O2S. The minimum atomic E-state index is -0.870. The van der Waals surface area contributed by atoms with Gasteiger partial charge in [0.25, 0.3) is 0 Å². The Bertz CT molecular complexity index is 566. The van der Waals surface area contributed by atoms with Gasteiger partial charge >= 0.3 is 5.97 Å². The third-order valence-corrected chi connectivity index (χ3v) is 3.92. The van der Waals surface area contributed by atoms with Crippen molar-refractivity contribution in [2.45, 2.75) is 26.4 Å². The fraction of sp³-hybridized carbons (Fsp3) is 0.286. The molecule has 4 nitrogen and oxygen atoms in total. The molecule has 0 unspecified atom stereocenters. The number of benzene rings is 1. The number of carbonyl (C=O) groups is 1. The van der Waals surface area contributed by atoms with Crippen molar-refractivity contribution in [1.29, 1.82) is 0 Å². The molecule has 1 aromatic carbocycles. The van der Waals surface area contributed by atoms with Crippen molar-refractivity contribution in [3.63, 3.8) is 0 Å². The highest BCUT2D eigenvalue weighted by Crippen LogP contribution is 2.19. The average Bonchev–Trinajstić information content (AvgIpc) is 2.69. The summed E-state index contributed by atoms with van der Waals surface area (Å²) in [7, 11) is 0. The molecule has 1 aromatic heterocycles. The summed E-state index contributed by atoms with van der Waals surface area (Å²) in [5.41, 5.74) is 1.72. The predicted molar refractivity (Wildman–Crippen MR) is 75.2 cm³/mol. The van der Waals surface area contributed by atoms with E-state index in [1.54, 1.807) is 11.3 Å². The molecule has 0 bridgehead atoms. The maximum Gasteiger partial charge on any atom is 0.325 e. The fourth-order valence-corrected chi connectivity index (χ4v) is 2.81. The summed E-state index contributed by atoms with van der Waals surface area (Å²) in [5.74, 6) is -0.870. The van der Waals surface area contributed by atoms with Crippen molar-refractivity contribution in [1.82, 2.24) is 10.3 Å². The second-order valence-electron chi connectivity index (χ2n) is 4.30. The summed E-state index contributed by atoms with van der Waals surface area (Å²) in [4.78, 5) is 16.8. The number of thiazole rings is 1. The van der Waals surface area contributed by atoms with E-state index in [0.717, 1.165) is 21.1 Å². The van der Waals surface area contributed by atoms with Gasteiger partial charge in [-0.25, -0.2) is 4.98 Å². The van der Waals surface area contributed by atoms with Crippen LogP contribution in [0.5, 0.6) is 0 Å². The van der Waals surface area contributed by atoms with E-state index in [1.807, 2.05) is 44.2 Å². The van der Waals surface area contributed by atoms with Crippen LogP contribution in [0.1, 0.15) is 27.2 Å². The normalized spacial score (nSPS) is 12.3. The maximum atomic E-state index is 11.3. The topological polar surface area (TPSA) is 62.2 Å². The van der Waals surface area contributed by atoms with Crippen molar-refractivity contribution in [2.75, 3.05) is 0 Å². The number of nitrogens with zero attached hydrogens (tertiary/aromatic N) is 1. The largest absolute Gasteiger partial charge is 0.480 e. The number of aliphatic carboxylic acids is 1. The van der Waals surface area contributed by atoms with E-state index in [9.17, 15) is 9.90 Å². The van der Waals surface area contributed by atoms with Gasteiger partial charge in [0.05, 0.1) is 10.7 Å². The Balaban J connectivity index is 2.10. The molecule has 2 N–H and O–H groups in total. The Kier molecular flexibility index (Phi) is 4.29. The van der Waals surface area contributed by atoms with Gasteiger partial charge in [0, 0.05) is 11.4 Å². The number of rotatable bonds is 5. The molecule has 0 aliphatic carbocycles. The van der Waals surface area contributed by atoms with E-state index in [4.69, 9.17) is 0 Å². The summed E-state index contributed by atoms with van der Waals surface area (Å²) in [6, 6.07) is 8.50. The molecule has 19 heavy (non-hydrogen) atoms. The molecule has 0 spiro atoms. The van der Waals surface area contributed by atoms with E-state index in [0.29, 0.717) is 6.54 Å². The summed E-state index contributed by atoms with van der Waals surface area (Å²) in [5, 5.41) is 13.4. The molecule has 2 rings (SSSR count). The molecule has 0 aliphatic heterocycles. The summed E-state index contributed by atoms with van der Waals surface area (Å²) in [6.45, 7) is 4.41. The van der Waals surface area contributed by atoms with Crippen LogP contribution in [0.25, 0.3) is 0 Å². The lowest BCUT2D eigenvalue weighted by Crippen LogP contribution is -2.28. The van der Waals surface area contributed by atoms with Crippen LogP contribution < -0.4 is 5.32 Å². The zero-order valence-electron chi connectivity index (χ0n) is 10.9. The van der Waals surface area contributed by atoms with Crippen LogP contribution in [0, 0.1) is 13.8 Å². The third-order valence-electron chi connectivity index (χ3n) is 2.85. The third kappa shape index (κ3) is 3.39. The lowest BCUT2D eigenvalue weighted by atomic mass is 10.1. The van der Waals surface area contributed by atoms with Gasteiger partial charge in [0.15, 0.2) is 0 Å². The maximum absolute atomic E-state index is 11.3. The van der Waals surface area contributed by atoms with E-state index in [2.05, 4.69) is 10.3 Å². The zero-order chi connectivity index (χ0) is 13.8. The first-order valence-corrected chi connectivity index (χ1v) is 6.83. The molecule has 0 amide bonds. The van der Waals surface area contributed by atoms with E-state index in [-0.39, 0.29) is 0 Å². The molecule has 1 atom stereocenters. The Morgan fingerprint density at radius 3 is 2.58 bits per heavy atom. The van der Waals surface area contributed by atoms with Gasteiger partial charge in [0.1, 0.15) is 6.04 Å². The second-order valence-corrected chi connectivity index (χ2v) is 5.59. The number of hydrogen-bond donors (Lipinski definition) is 2. The van der Waals surface area contributed by atoms with Gasteiger partial charge in [-0.1, -0.05) is 30.3 Å². The highest BCUT2D eigenvalue weighted by molar-refractivity contribution is 7.11. The molecule has 0 saturated carbocycles. The van der Waals surface area contributed by atoms with Gasteiger partial charge in [0.2, 0.25) is 0 Å². The van der Waals surface area contributed by atoms with Crippen LogP contribution in [-0.2, 0) is 11.3 Å². The van der Waals surface area contributed by atoms with Crippen LogP contribution in [0.2, 0.25) is 0 Å². The molecule has 100 valence electrons. The van der Waals surface area contributed by atoms with Crippen LogP contribution in [0.4, 0.5) is 0 Å². The lowest BCUT2D eigenvalue weighted by Gasteiger charge is -2.14. The van der Waals surface area contributed by atoms with Gasteiger partial charge in [-0.05, 0) is 19.4 Å². The fourth-order valence-electron chi connectivity index (χ4n) is 1.93. The predicted octanol–water partition coefficient (Wildman–Crippen LogP) is 2.68. The Morgan fingerprint density at radius 2 is 2.05 bits per heavy atom. The molecule has 0 aliphatic rings. The summed E-state index contributed by atoms with van der Waals surface area (Å²) >= 11 is 1.60. The first-order chi connectivity index (χ1) is 9.08. The Labute approximate surface area is 116 Å². The Hall–Kier alpha value is -1.72. The smallest absolute Gasteiger partial charge is 0.325 e. The van der Waals surface area contributed by atoms with Crippen LogP contribution in [-0.4, -0.2) is 16.1 Å². The van der Waals surface area contributed by atoms with Gasteiger partial charge < -0.3 is 5.11 Å². The molecule has 0 fully saturated rings. The molecule has 1 heterocycles. The highest BCUT2D eigenvalue weighted by atomic mass is 32.1. The van der Waals surface area contributed by atoms with Gasteiger partial charge in [-0.2, -0.15) is 0 Å². The monoisotopic (exact) mass is 276 g/mol. The van der Waals surface area contributed by atoms with Crippen LogP contribution >= 0.6 is 11.3 Å². The number of hydrogen-bond acceptors (Lipinski definition) is 4.